The number of benzene rings is 3. The Balaban J connectivity index is 1.72. The number of fused-ring (bicyclic) bond motifs is 1. The Morgan fingerprint density at radius 3 is 1.95 bits per heavy atom. The van der Waals surface area contributed by atoms with Crippen LogP contribution in [0.4, 0.5) is 11.4 Å². The minimum atomic E-state index is -1.26. The molecule has 0 N–H and O–H groups in total. The first kappa shape index (κ1) is 25.5. The number of para-hydroxylation sites is 1. The van der Waals surface area contributed by atoms with Crippen LogP contribution < -0.4 is 9.96 Å². The van der Waals surface area contributed by atoms with Crippen LogP contribution in [-0.4, -0.2) is 43.6 Å². The summed E-state index contributed by atoms with van der Waals surface area (Å²) in [4.78, 5) is 48.0. The van der Waals surface area contributed by atoms with E-state index >= 15 is 0 Å². The molecule has 8 nitrogen and oxygen atoms in total. The van der Waals surface area contributed by atoms with Crippen LogP contribution in [0.3, 0.4) is 0 Å². The zero-order valence-corrected chi connectivity index (χ0v) is 21.8. The summed E-state index contributed by atoms with van der Waals surface area (Å²) >= 11 is 0. The average molecular weight is 515 g/mol. The Morgan fingerprint density at radius 1 is 0.842 bits per heavy atom. The van der Waals surface area contributed by atoms with Crippen molar-refractivity contribution < 1.29 is 28.7 Å². The van der Waals surface area contributed by atoms with Crippen LogP contribution in [0, 0.1) is 19.8 Å². The summed E-state index contributed by atoms with van der Waals surface area (Å²) in [5, 5.41) is 1.62. The molecule has 0 bridgehead atoms. The predicted molar refractivity (Wildman–Crippen MR) is 141 cm³/mol. The molecule has 2 aliphatic rings. The van der Waals surface area contributed by atoms with Gasteiger partial charge in [0.15, 0.2) is 12.0 Å². The van der Waals surface area contributed by atoms with E-state index in [2.05, 4.69) is 0 Å². The molecule has 8 heteroatoms. The summed E-state index contributed by atoms with van der Waals surface area (Å²) in [5.74, 6) is -2.91. The van der Waals surface area contributed by atoms with Crippen molar-refractivity contribution in [2.45, 2.75) is 38.0 Å². The fourth-order valence-electron chi connectivity index (χ4n) is 5.55. The molecular formula is C30H30N2O6. The quantitative estimate of drug-likeness (QED) is 0.264. The summed E-state index contributed by atoms with van der Waals surface area (Å²) in [7, 11) is 2.46. The number of amides is 1. The van der Waals surface area contributed by atoms with E-state index in [4.69, 9.17) is 14.3 Å². The summed E-state index contributed by atoms with van der Waals surface area (Å²) in [6, 6.07) is 24.0. The Bertz CT molecular complexity index is 1330. The molecule has 5 rings (SSSR count). The van der Waals surface area contributed by atoms with Gasteiger partial charge in [-0.3, -0.25) is 24.1 Å². The largest absolute Gasteiger partial charge is 0.468 e. The monoisotopic (exact) mass is 514 g/mol. The van der Waals surface area contributed by atoms with E-state index in [0.29, 0.717) is 11.4 Å². The third kappa shape index (κ3) is 4.01. The van der Waals surface area contributed by atoms with Gasteiger partial charge in [-0.2, -0.15) is 0 Å². The molecule has 196 valence electrons. The number of anilines is 2. The van der Waals surface area contributed by atoms with Crippen molar-refractivity contribution in [3.63, 3.8) is 0 Å². The highest BCUT2D eigenvalue weighted by molar-refractivity contribution is 6.10. The Labute approximate surface area is 221 Å². The highest BCUT2D eigenvalue weighted by Gasteiger charge is 2.73. The number of methoxy groups -OCH3 is 2. The highest BCUT2D eigenvalue weighted by Crippen LogP contribution is 2.58. The van der Waals surface area contributed by atoms with Gasteiger partial charge in [-0.05, 0) is 43.7 Å². The first-order chi connectivity index (χ1) is 18.3. The molecule has 0 radical (unpaired) electrons. The van der Waals surface area contributed by atoms with E-state index in [-0.39, 0.29) is 12.3 Å². The summed E-state index contributed by atoms with van der Waals surface area (Å²) in [6.07, 6.45) is -0.748. The molecule has 38 heavy (non-hydrogen) atoms. The molecule has 3 atom stereocenters. The van der Waals surface area contributed by atoms with Crippen molar-refractivity contribution in [2.24, 2.45) is 5.92 Å². The first-order valence-electron chi connectivity index (χ1n) is 12.5. The van der Waals surface area contributed by atoms with Crippen molar-refractivity contribution in [2.75, 3.05) is 24.2 Å². The maximum Gasteiger partial charge on any atom is 0.320 e. The van der Waals surface area contributed by atoms with Gasteiger partial charge in [0, 0.05) is 12.1 Å². The van der Waals surface area contributed by atoms with Gasteiger partial charge >= 0.3 is 11.9 Å². The molecule has 2 heterocycles. The van der Waals surface area contributed by atoms with Gasteiger partial charge < -0.3 is 9.47 Å². The molecule has 1 amide bonds. The maximum absolute atomic E-state index is 14.0. The first-order valence-corrected chi connectivity index (χ1v) is 12.5. The van der Waals surface area contributed by atoms with Crippen molar-refractivity contribution >= 4 is 29.2 Å². The molecule has 0 unspecified atom stereocenters. The number of ether oxygens (including phenoxy) is 2. The van der Waals surface area contributed by atoms with Gasteiger partial charge in [0.2, 0.25) is 0 Å². The molecule has 3 aromatic carbocycles. The average Bonchev–Trinajstić information content (AvgIpc) is 3.22. The predicted octanol–water partition coefficient (Wildman–Crippen LogP) is 4.30. The Morgan fingerprint density at radius 2 is 1.39 bits per heavy atom. The van der Waals surface area contributed by atoms with E-state index in [1.54, 1.807) is 9.96 Å². The fourth-order valence-corrected chi connectivity index (χ4v) is 5.55. The molecule has 0 saturated carbocycles. The van der Waals surface area contributed by atoms with Crippen LogP contribution >= 0.6 is 0 Å². The van der Waals surface area contributed by atoms with Crippen molar-refractivity contribution in [3.05, 3.63) is 95.6 Å². The van der Waals surface area contributed by atoms with E-state index < -0.39 is 35.5 Å². The van der Waals surface area contributed by atoms with Gasteiger partial charge in [-0.1, -0.05) is 65.7 Å². The molecule has 0 aromatic heterocycles. The fraction of sp³-hybridized carbons (Fsp3) is 0.300. The SMILES string of the molecule is COC(=O)C(C[C@]12[C@@H](c3ccc(C)cc3)ON(c3ccc(C)cc3)[C@H]1C(=O)N2c1ccccc1)C(=O)OC. The van der Waals surface area contributed by atoms with Gasteiger partial charge in [0.25, 0.3) is 5.91 Å². The molecule has 0 aliphatic carbocycles. The number of aryl methyl sites for hydroxylation is 2. The third-order valence-electron chi connectivity index (χ3n) is 7.44. The lowest BCUT2D eigenvalue weighted by molar-refractivity contribution is -0.161. The second-order valence-corrected chi connectivity index (χ2v) is 9.76. The van der Waals surface area contributed by atoms with Gasteiger partial charge in [0.1, 0.15) is 11.6 Å². The van der Waals surface area contributed by atoms with E-state index in [1.165, 1.54) is 14.2 Å². The standard InChI is InChI=1S/C30H30N2O6/c1-19-10-14-21(15-11-19)26-30(18-24(28(34)36-3)29(35)37-4)25(27(33)31(30)22-8-6-5-7-9-22)32(38-26)23-16-12-20(2)13-17-23/h5-17,24-26H,18H2,1-4H3/t25-,26+,30+/m0/s1. The van der Waals surface area contributed by atoms with Crippen molar-refractivity contribution in [3.8, 4) is 0 Å². The number of hydroxylamine groups is 1. The number of carbonyl (C=O) groups is 3. The zero-order valence-electron chi connectivity index (χ0n) is 21.8. The molecular weight excluding hydrogens is 484 g/mol. The summed E-state index contributed by atoms with van der Waals surface area (Å²) in [5.41, 5.74) is 3.18. The Kier molecular flexibility index (Phi) is 6.67. The number of β-lactam (4-membered cyclic amide) rings is 1. The zero-order chi connectivity index (χ0) is 27.0. The number of carbonyl (C=O) groups excluding carboxylic acids is 3. The number of esters is 2. The number of nitrogens with zero attached hydrogens (tertiary/aromatic N) is 2. The summed E-state index contributed by atoms with van der Waals surface area (Å²) in [6.45, 7) is 3.97. The smallest absolute Gasteiger partial charge is 0.320 e. The van der Waals surface area contributed by atoms with Crippen LogP contribution in [0.15, 0.2) is 78.9 Å². The second-order valence-electron chi connectivity index (χ2n) is 9.76. The maximum atomic E-state index is 14.0. The molecule has 2 aliphatic heterocycles. The molecule has 0 spiro atoms. The lowest BCUT2D eigenvalue weighted by atomic mass is 9.67. The summed E-state index contributed by atoms with van der Waals surface area (Å²) < 4.78 is 10.0. The van der Waals surface area contributed by atoms with E-state index in [9.17, 15) is 14.4 Å². The highest BCUT2D eigenvalue weighted by atomic mass is 16.7. The van der Waals surface area contributed by atoms with Gasteiger partial charge in [0.05, 0.1) is 19.9 Å². The van der Waals surface area contributed by atoms with Crippen LogP contribution in [0.25, 0.3) is 0 Å². The lowest BCUT2D eigenvalue weighted by Crippen LogP contribution is -2.78. The lowest BCUT2D eigenvalue weighted by Gasteiger charge is -2.56. The minimum absolute atomic E-state index is 0.0570. The van der Waals surface area contributed by atoms with Crippen LogP contribution in [0.2, 0.25) is 0 Å². The Hall–Kier alpha value is -4.17. The molecule has 3 aromatic rings. The topological polar surface area (TPSA) is 85.4 Å². The van der Waals surface area contributed by atoms with E-state index in [0.717, 1.165) is 16.7 Å². The molecule has 2 saturated heterocycles. The number of rotatable bonds is 7. The van der Waals surface area contributed by atoms with Gasteiger partial charge in [-0.25, -0.2) is 5.06 Å². The second kappa shape index (κ2) is 9.95. The number of hydrogen-bond acceptors (Lipinski definition) is 7. The van der Waals surface area contributed by atoms with Crippen LogP contribution in [0.1, 0.15) is 29.2 Å². The third-order valence-corrected chi connectivity index (χ3v) is 7.44. The van der Waals surface area contributed by atoms with E-state index in [1.807, 2.05) is 92.7 Å². The van der Waals surface area contributed by atoms with Gasteiger partial charge in [-0.15, -0.1) is 0 Å². The van der Waals surface area contributed by atoms with Crippen LogP contribution in [0.5, 0.6) is 0 Å². The van der Waals surface area contributed by atoms with Crippen LogP contribution in [-0.2, 0) is 28.7 Å². The number of hydrogen-bond donors (Lipinski definition) is 0. The molecule has 2 fully saturated rings. The normalized spacial score (nSPS) is 22.2. The van der Waals surface area contributed by atoms with Crippen molar-refractivity contribution in [1.29, 1.82) is 0 Å². The minimum Gasteiger partial charge on any atom is -0.468 e. The van der Waals surface area contributed by atoms with Crippen molar-refractivity contribution in [1.82, 2.24) is 0 Å².